The summed E-state index contributed by atoms with van der Waals surface area (Å²) in [6.45, 7) is 0. The summed E-state index contributed by atoms with van der Waals surface area (Å²) < 4.78 is -1.36. The van der Waals surface area contributed by atoms with E-state index in [0.29, 0.717) is 21.3 Å². The SMILES string of the molecule is N#Cc1c(Cl)cccc1NC(=O)c1cc(NC(=O)[C@H]2[C@H](c3cc(Cl)cc(Cl)c3)C2(Cl)Cl)ccc1Cl. The van der Waals surface area contributed by atoms with Gasteiger partial charge in [-0.3, -0.25) is 9.59 Å². The van der Waals surface area contributed by atoms with Gasteiger partial charge in [-0.05, 0) is 54.1 Å². The van der Waals surface area contributed by atoms with E-state index in [4.69, 9.17) is 69.6 Å². The lowest BCUT2D eigenvalue weighted by molar-refractivity contribution is -0.117. The van der Waals surface area contributed by atoms with Crippen LogP contribution in [0.2, 0.25) is 20.1 Å². The molecule has 35 heavy (non-hydrogen) atoms. The molecule has 1 saturated carbocycles. The van der Waals surface area contributed by atoms with Gasteiger partial charge in [0.2, 0.25) is 5.91 Å². The topological polar surface area (TPSA) is 82.0 Å². The third kappa shape index (κ3) is 5.34. The van der Waals surface area contributed by atoms with Crippen LogP contribution in [0.15, 0.2) is 54.6 Å². The number of nitrogens with zero attached hydrogens (tertiary/aromatic N) is 1. The van der Waals surface area contributed by atoms with Crippen molar-refractivity contribution < 1.29 is 9.59 Å². The van der Waals surface area contributed by atoms with Crippen LogP contribution >= 0.6 is 69.6 Å². The molecule has 4 rings (SSSR count). The minimum atomic E-state index is -1.36. The number of amides is 2. The number of nitrogens with one attached hydrogen (secondary N) is 2. The van der Waals surface area contributed by atoms with Gasteiger partial charge in [0, 0.05) is 21.7 Å². The number of carbonyl (C=O) groups is 2. The summed E-state index contributed by atoms with van der Waals surface area (Å²) in [6.07, 6.45) is 0. The average molecular weight is 588 g/mol. The van der Waals surface area contributed by atoms with Crippen LogP contribution in [0.5, 0.6) is 0 Å². The Morgan fingerprint density at radius 2 is 1.57 bits per heavy atom. The fraction of sp³-hybridized carbons (Fsp3) is 0.125. The number of rotatable bonds is 5. The van der Waals surface area contributed by atoms with Crippen molar-refractivity contribution in [2.24, 2.45) is 5.92 Å². The highest BCUT2D eigenvalue weighted by Crippen LogP contribution is 2.65. The van der Waals surface area contributed by atoms with Crippen molar-refractivity contribution in [3.8, 4) is 6.07 Å². The molecule has 0 heterocycles. The molecule has 3 aromatic carbocycles. The van der Waals surface area contributed by atoms with E-state index in [-0.39, 0.29) is 26.9 Å². The molecule has 0 aliphatic heterocycles. The lowest BCUT2D eigenvalue weighted by atomic mass is 10.1. The van der Waals surface area contributed by atoms with E-state index in [1.165, 1.54) is 30.3 Å². The van der Waals surface area contributed by atoms with Gasteiger partial charge in [-0.1, -0.05) is 52.5 Å². The standard InChI is InChI=1S/C24H13Cl6N3O2/c25-12-6-11(7-13(26)8-12)20-21(24(20,29)30)23(35)32-14-4-5-18(28)15(9-14)22(34)33-19-3-1-2-17(27)16(19)10-31/h1-9,20-21H,(H,32,35)(H,33,34)/t20-,21+/m0/s1. The third-order valence-corrected chi connectivity index (χ3v) is 7.45. The first-order valence-electron chi connectivity index (χ1n) is 9.97. The Morgan fingerprint density at radius 1 is 0.886 bits per heavy atom. The monoisotopic (exact) mass is 585 g/mol. The molecule has 5 nitrogen and oxygen atoms in total. The fourth-order valence-corrected chi connectivity index (χ4v) is 5.54. The summed E-state index contributed by atoms with van der Waals surface area (Å²) in [7, 11) is 0. The van der Waals surface area contributed by atoms with E-state index in [9.17, 15) is 14.9 Å². The molecular weight excluding hydrogens is 575 g/mol. The van der Waals surface area contributed by atoms with Gasteiger partial charge in [-0.2, -0.15) is 5.26 Å². The highest BCUT2D eigenvalue weighted by Gasteiger charge is 2.67. The van der Waals surface area contributed by atoms with Crippen molar-refractivity contribution in [1.82, 2.24) is 0 Å². The molecule has 2 amide bonds. The van der Waals surface area contributed by atoms with Crippen LogP contribution in [-0.4, -0.2) is 16.1 Å². The van der Waals surface area contributed by atoms with Crippen LogP contribution < -0.4 is 10.6 Å². The molecule has 1 aliphatic rings. The number of nitriles is 1. The van der Waals surface area contributed by atoms with Crippen molar-refractivity contribution in [3.63, 3.8) is 0 Å². The molecule has 2 N–H and O–H groups in total. The van der Waals surface area contributed by atoms with E-state index in [0.717, 1.165) is 0 Å². The van der Waals surface area contributed by atoms with Crippen molar-refractivity contribution in [1.29, 1.82) is 5.26 Å². The Hall–Kier alpha value is -2.17. The average Bonchev–Trinajstić information content (AvgIpc) is 3.36. The lowest BCUT2D eigenvalue weighted by Crippen LogP contribution is -2.18. The molecule has 0 unspecified atom stereocenters. The smallest absolute Gasteiger partial charge is 0.257 e. The lowest BCUT2D eigenvalue weighted by Gasteiger charge is -2.11. The molecule has 0 bridgehead atoms. The predicted molar refractivity (Wildman–Crippen MR) is 141 cm³/mol. The van der Waals surface area contributed by atoms with Gasteiger partial charge in [0.15, 0.2) is 0 Å². The zero-order chi connectivity index (χ0) is 25.5. The summed E-state index contributed by atoms with van der Waals surface area (Å²) in [4.78, 5) is 25.9. The highest BCUT2D eigenvalue weighted by atomic mass is 35.5. The molecule has 0 aromatic heterocycles. The normalized spacial score (nSPS) is 17.9. The van der Waals surface area contributed by atoms with E-state index in [1.54, 1.807) is 24.3 Å². The molecule has 11 heteroatoms. The maximum atomic E-state index is 13.0. The fourth-order valence-electron chi connectivity index (χ4n) is 3.75. The molecule has 178 valence electrons. The zero-order valence-corrected chi connectivity index (χ0v) is 21.9. The molecule has 0 spiro atoms. The van der Waals surface area contributed by atoms with E-state index in [2.05, 4.69) is 10.6 Å². The number of anilines is 2. The Labute approximate surface area is 230 Å². The Bertz CT molecular complexity index is 1380. The van der Waals surface area contributed by atoms with Gasteiger partial charge in [0.05, 0.1) is 32.8 Å². The van der Waals surface area contributed by atoms with Crippen LogP contribution in [-0.2, 0) is 4.79 Å². The van der Waals surface area contributed by atoms with Crippen molar-refractivity contribution in [3.05, 3.63) is 91.4 Å². The van der Waals surface area contributed by atoms with E-state index in [1.807, 2.05) is 6.07 Å². The van der Waals surface area contributed by atoms with Gasteiger partial charge >= 0.3 is 0 Å². The number of alkyl halides is 2. The summed E-state index contributed by atoms with van der Waals surface area (Å²) in [6, 6.07) is 15.9. The molecule has 3 aromatic rings. The second-order valence-corrected chi connectivity index (χ2v) is 10.9. The minimum absolute atomic E-state index is 0.0744. The molecule has 1 aliphatic carbocycles. The maximum absolute atomic E-state index is 13.0. The van der Waals surface area contributed by atoms with Gasteiger partial charge in [0.25, 0.3) is 5.91 Å². The van der Waals surface area contributed by atoms with Crippen LogP contribution in [0.3, 0.4) is 0 Å². The molecule has 1 fully saturated rings. The van der Waals surface area contributed by atoms with E-state index >= 15 is 0 Å². The molecule has 0 saturated heterocycles. The zero-order valence-electron chi connectivity index (χ0n) is 17.4. The van der Waals surface area contributed by atoms with Crippen molar-refractivity contribution in [2.75, 3.05) is 10.6 Å². The van der Waals surface area contributed by atoms with Crippen molar-refractivity contribution in [2.45, 2.75) is 10.3 Å². The molecular formula is C24H13Cl6N3O2. The largest absolute Gasteiger partial charge is 0.326 e. The first-order chi connectivity index (χ1) is 16.5. The first-order valence-corrected chi connectivity index (χ1v) is 12.2. The summed E-state index contributed by atoms with van der Waals surface area (Å²) in [5.41, 5.74) is 1.36. The van der Waals surface area contributed by atoms with Gasteiger partial charge in [-0.15, -0.1) is 23.2 Å². The summed E-state index contributed by atoms with van der Waals surface area (Å²) in [5.74, 6) is -2.35. The Balaban J connectivity index is 1.53. The predicted octanol–water partition coefficient (Wildman–Crippen LogP) is 7.95. The Morgan fingerprint density at radius 3 is 2.23 bits per heavy atom. The van der Waals surface area contributed by atoms with Crippen LogP contribution in [0, 0.1) is 17.2 Å². The third-order valence-electron chi connectivity index (χ3n) is 5.43. The number of carbonyl (C=O) groups excluding carboxylic acids is 2. The summed E-state index contributed by atoms with van der Waals surface area (Å²) in [5, 5.41) is 15.8. The van der Waals surface area contributed by atoms with Gasteiger partial charge < -0.3 is 10.6 Å². The number of halogens is 6. The van der Waals surface area contributed by atoms with Crippen molar-refractivity contribution >= 4 is 92.8 Å². The van der Waals surface area contributed by atoms with Gasteiger partial charge in [0.1, 0.15) is 10.4 Å². The second-order valence-electron chi connectivity index (χ2n) is 7.74. The second kappa shape index (κ2) is 10.1. The number of hydrogen-bond acceptors (Lipinski definition) is 3. The van der Waals surface area contributed by atoms with Crippen LogP contribution in [0.25, 0.3) is 0 Å². The van der Waals surface area contributed by atoms with E-state index < -0.39 is 28.0 Å². The number of benzene rings is 3. The van der Waals surface area contributed by atoms with Gasteiger partial charge in [-0.25, -0.2) is 0 Å². The molecule has 2 atom stereocenters. The maximum Gasteiger partial charge on any atom is 0.257 e. The summed E-state index contributed by atoms with van der Waals surface area (Å²) >= 11 is 37.2. The first kappa shape index (κ1) is 25.9. The minimum Gasteiger partial charge on any atom is -0.326 e. The van der Waals surface area contributed by atoms with Crippen LogP contribution in [0.4, 0.5) is 11.4 Å². The number of hydrogen-bond donors (Lipinski definition) is 2. The Kier molecular flexibility index (Phi) is 7.45. The quantitative estimate of drug-likeness (QED) is 0.297. The van der Waals surface area contributed by atoms with Crippen LogP contribution in [0.1, 0.15) is 27.4 Å². The molecule has 0 radical (unpaired) electrons. The highest BCUT2D eigenvalue weighted by molar-refractivity contribution is 6.53.